The highest BCUT2D eigenvalue weighted by Gasteiger charge is 2.03. The Bertz CT molecular complexity index is 598. The third-order valence-corrected chi connectivity index (χ3v) is 5.72. The molecule has 0 bridgehead atoms. The fourth-order valence-electron chi connectivity index (χ4n) is 1.75. The summed E-state index contributed by atoms with van der Waals surface area (Å²) in [4.78, 5) is 6.01. The van der Waals surface area contributed by atoms with Crippen molar-refractivity contribution in [2.75, 3.05) is 12.3 Å². The van der Waals surface area contributed by atoms with Crippen LogP contribution in [0.3, 0.4) is 0 Å². The average molecular weight is 306 g/mol. The number of thiophene rings is 1. The molecule has 2 nitrogen and oxygen atoms in total. The Kier molecular flexibility index (Phi) is 4.50. The van der Waals surface area contributed by atoms with Gasteiger partial charge in [-0.05, 0) is 23.6 Å². The molecule has 0 aliphatic rings. The normalized spacial score (nSPS) is 11.2. The standard InChI is InChI=1S/C14H14N2S3/c1-2-6-13-12(5-1)16-14(19-13)18-9-7-15-10-11-4-3-8-17-11/h1-6,8,15H,7,9-10H2. The molecule has 0 saturated carbocycles. The van der Waals surface area contributed by atoms with Gasteiger partial charge in [0.05, 0.1) is 10.2 Å². The zero-order valence-corrected chi connectivity index (χ0v) is 12.8. The smallest absolute Gasteiger partial charge is 0.151 e. The highest BCUT2D eigenvalue weighted by atomic mass is 32.2. The summed E-state index contributed by atoms with van der Waals surface area (Å²) < 4.78 is 2.44. The van der Waals surface area contributed by atoms with Crippen LogP contribution in [0.2, 0.25) is 0 Å². The Morgan fingerprint density at radius 1 is 1.16 bits per heavy atom. The highest BCUT2D eigenvalue weighted by molar-refractivity contribution is 8.01. The molecule has 0 unspecified atom stereocenters. The molecule has 98 valence electrons. The van der Waals surface area contributed by atoms with E-state index in [1.54, 1.807) is 22.7 Å². The van der Waals surface area contributed by atoms with Gasteiger partial charge in [0.15, 0.2) is 4.34 Å². The van der Waals surface area contributed by atoms with E-state index in [9.17, 15) is 0 Å². The Hall–Kier alpha value is -0.880. The molecule has 3 rings (SSSR count). The number of hydrogen-bond donors (Lipinski definition) is 1. The number of nitrogens with one attached hydrogen (secondary N) is 1. The van der Waals surface area contributed by atoms with Crippen LogP contribution in [-0.2, 0) is 6.54 Å². The summed E-state index contributed by atoms with van der Waals surface area (Å²) in [7, 11) is 0. The van der Waals surface area contributed by atoms with Gasteiger partial charge in [-0.15, -0.1) is 22.7 Å². The first-order chi connectivity index (χ1) is 9.42. The fourth-order valence-corrected chi connectivity index (χ4v) is 4.46. The summed E-state index contributed by atoms with van der Waals surface area (Å²) in [6, 6.07) is 12.6. The molecule has 3 aromatic rings. The van der Waals surface area contributed by atoms with Gasteiger partial charge >= 0.3 is 0 Å². The van der Waals surface area contributed by atoms with Crippen LogP contribution in [0.15, 0.2) is 46.1 Å². The van der Waals surface area contributed by atoms with Crippen molar-refractivity contribution in [1.82, 2.24) is 10.3 Å². The quantitative estimate of drug-likeness (QED) is 0.544. The van der Waals surface area contributed by atoms with Gasteiger partial charge in [-0.2, -0.15) is 0 Å². The van der Waals surface area contributed by atoms with E-state index in [1.807, 2.05) is 17.8 Å². The third-order valence-electron chi connectivity index (χ3n) is 2.66. The number of nitrogens with zero attached hydrogens (tertiary/aromatic N) is 1. The summed E-state index contributed by atoms with van der Waals surface area (Å²) in [6.45, 7) is 1.98. The Morgan fingerprint density at radius 3 is 2.95 bits per heavy atom. The monoisotopic (exact) mass is 306 g/mol. The molecule has 1 aromatic carbocycles. The van der Waals surface area contributed by atoms with Gasteiger partial charge in [0.2, 0.25) is 0 Å². The Morgan fingerprint density at radius 2 is 2.11 bits per heavy atom. The van der Waals surface area contributed by atoms with Crippen LogP contribution in [0.1, 0.15) is 4.88 Å². The van der Waals surface area contributed by atoms with Gasteiger partial charge in [-0.1, -0.05) is 30.0 Å². The largest absolute Gasteiger partial charge is 0.311 e. The SMILES string of the molecule is c1csc(CNCCSc2nc3ccccc3s2)c1. The first-order valence-electron chi connectivity index (χ1n) is 6.13. The number of thiazole rings is 1. The molecule has 2 aromatic heterocycles. The van der Waals surface area contributed by atoms with Crippen molar-refractivity contribution in [3.63, 3.8) is 0 Å². The molecule has 2 heterocycles. The lowest BCUT2D eigenvalue weighted by atomic mass is 10.3. The minimum Gasteiger partial charge on any atom is -0.311 e. The number of benzene rings is 1. The van der Waals surface area contributed by atoms with Crippen molar-refractivity contribution in [2.24, 2.45) is 0 Å². The van der Waals surface area contributed by atoms with Gasteiger partial charge in [-0.3, -0.25) is 0 Å². The van der Waals surface area contributed by atoms with Crippen molar-refractivity contribution in [1.29, 1.82) is 0 Å². The number of para-hydroxylation sites is 1. The summed E-state index contributed by atoms with van der Waals surface area (Å²) in [5.41, 5.74) is 1.11. The van der Waals surface area contributed by atoms with Crippen LogP contribution in [0, 0.1) is 0 Å². The molecule has 5 heteroatoms. The molecule has 0 aliphatic heterocycles. The number of fused-ring (bicyclic) bond motifs is 1. The van der Waals surface area contributed by atoms with Gasteiger partial charge in [0.25, 0.3) is 0 Å². The first-order valence-corrected chi connectivity index (χ1v) is 8.81. The Balaban J connectivity index is 1.44. The first kappa shape index (κ1) is 13.1. The predicted octanol–water partition coefficient (Wildman–Crippen LogP) is 4.24. The fraction of sp³-hybridized carbons (Fsp3) is 0.214. The highest BCUT2D eigenvalue weighted by Crippen LogP contribution is 2.28. The van der Waals surface area contributed by atoms with Crippen LogP contribution in [-0.4, -0.2) is 17.3 Å². The minimum atomic E-state index is 0.970. The van der Waals surface area contributed by atoms with E-state index in [-0.39, 0.29) is 0 Å². The van der Waals surface area contributed by atoms with Crippen LogP contribution < -0.4 is 5.32 Å². The molecule has 0 aliphatic carbocycles. The van der Waals surface area contributed by atoms with Crippen LogP contribution in [0.25, 0.3) is 10.2 Å². The zero-order valence-electron chi connectivity index (χ0n) is 10.3. The second kappa shape index (κ2) is 6.52. The van der Waals surface area contributed by atoms with E-state index in [0.29, 0.717) is 0 Å². The van der Waals surface area contributed by atoms with E-state index < -0.39 is 0 Å². The third kappa shape index (κ3) is 3.57. The average Bonchev–Trinajstić information content (AvgIpc) is 3.06. The van der Waals surface area contributed by atoms with E-state index in [4.69, 9.17) is 0 Å². The van der Waals surface area contributed by atoms with Crippen molar-refractivity contribution in [3.05, 3.63) is 46.7 Å². The molecular weight excluding hydrogens is 292 g/mol. The van der Waals surface area contributed by atoms with E-state index in [2.05, 4.69) is 46.0 Å². The van der Waals surface area contributed by atoms with Crippen molar-refractivity contribution >= 4 is 44.7 Å². The number of hydrogen-bond acceptors (Lipinski definition) is 5. The van der Waals surface area contributed by atoms with Gasteiger partial charge in [0, 0.05) is 23.7 Å². The van der Waals surface area contributed by atoms with E-state index in [0.717, 1.165) is 24.4 Å². The lowest BCUT2D eigenvalue weighted by molar-refractivity contribution is 0.741. The van der Waals surface area contributed by atoms with Crippen LogP contribution in [0.4, 0.5) is 0 Å². The maximum atomic E-state index is 4.62. The lowest BCUT2D eigenvalue weighted by Gasteiger charge is -2.01. The summed E-state index contributed by atoms with van der Waals surface area (Å²) in [5, 5.41) is 5.58. The second-order valence-electron chi connectivity index (χ2n) is 4.05. The van der Waals surface area contributed by atoms with Crippen molar-refractivity contribution < 1.29 is 0 Å². The molecular formula is C14H14N2S3. The van der Waals surface area contributed by atoms with Crippen LogP contribution >= 0.6 is 34.4 Å². The van der Waals surface area contributed by atoms with E-state index >= 15 is 0 Å². The Labute approximate surface area is 124 Å². The lowest BCUT2D eigenvalue weighted by Crippen LogP contribution is -2.15. The van der Waals surface area contributed by atoms with E-state index in [1.165, 1.54) is 13.9 Å². The van der Waals surface area contributed by atoms with Crippen molar-refractivity contribution in [3.8, 4) is 0 Å². The van der Waals surface area contributed by atoms with Gasteiger partial charge < -0.3 is 5.32 Å². The molecule has 0 saturated heterocycles. The van der Waals surface area contributed by atoms with Gasteiger partial charge in [0.1, 0.15) is 0 Å². The molecule has 0 fully saturated rings. The maximum Gasteiger partial charge on any atom is 0.151 e. The number of thioether (sulfide) groups is 1. The summed E-state index contributed by atoms with van der Waals surface area (Å²) in [5.74, 6) is 1.06. The molecule has 0 spiro atoms. The summed E-state index contributed by atoms with van der Waals surface area (Å²) >= 11 is 5.41. The predicted molar refractivity (Wildman–Crippen MR) is 86.4 cm³/mol. The van der Waals surface area contributed by atoms with Gasteiger partial charge in [-0.25, -0.2) is 4.98 Å². The van der Waals surface area contributed by atoms with Crippen molar-refractivity contribution in [2.45, 2.75) is 10.9 Å². The number of aromatic nitrogens is 1. The topological polar surface area (TPSA) is 24.9 Å². The molecule has 0 radical (unpaired) electrons. The molecule has 0 atom stereocenters. The van der Waals surface area contributed by atoms with Crippen LogP contribution in [0.5, 0.6) is 0 Å². The molecule has 1 N–H and O–H groups in total. The zero-order chi connectivity index (χ0) is 12.9. The minimum absolute atomic E-state index is 0.970. The second-order valence-corrected chi connectivity index (χ2v) is 7.46. The molecule has 0 amide bonds. The maximum absolute atomic E-state index is 4.62. The summed E-state index contributed by atoms with van der Waals surface area (Å²) in [6.07, 6.45) is 0. The molecule has 19 heavy (non-hydrogen) atoms. The number of rotatable bonds is 6.